The number of rotatable bonds is 9. The minimum atomic E-state index is 0.000947. The van der Waals surface area contributed by atoms with Gasteiger partial charge < -0.3 is 16.0 Å². The summed E-state index contributed by atoms with van der Waals surface area (Å²) in [5.41, 5.74) is 13.7. The largest absolute Gasteiger partial charge is 0.384 e. The summed E-state index contributed by atoms with van der Waals surface area (Å²) in [6, 6.07) is 15.4. The summed E-state index contributed by atoms with van der Waals surface area (Å²) < 4.78 is 0. The van der Waals surface area contributed by atoms with Crippen LogP contribution in [0.3, 0.4) is 0 Å². The second-order valence-electron chi connectivity index (χ2n) is 9.11. The highest BCUT2D eigenvalue weighted by atomic mass is 16.2. The number of allylic oxidation sites excluding steroid dienone is 1. The van der Waals surface area contributed by atoms with E-state index in [0.29, 0.717) is 23.6 Å². The van der Waals surface area contributed by atoms with Crippen molar-refractivity contribution in [2.45, 2.75) is 54.9 Å². The van der Waals surface area contributed by atoms with Crippen molar-refractivity contribution < 1.29 is 4.79 Å². The summed E-state index contributed by atoms with van der Waals surface area (Å²) in [4.78, 5) is 22.4. The van der Waals surface area contributed by atoms with Crippen LogP contribution in [0, 0.1) is 18.3 Å². The Bertz CT molecular complexity index is 1360. The van der Waals surface area contributed by atoms with Gasteiger partial charge in [0.05, 0.1) is 0 Å². The van der Waals surface area contributed by atoms with Gasteiger partial charge in [-0.3, -0.25) is 9.78 Å². The number of amides is 1. The van der Waals surface area contributed by atoms with Crippen LogP contribution in [0.5, 0.6) is 0 Å². The summed E-state index contributed by atoms with van der Waals surface area (Å²) in [5, 5.41) is 13.1. The van der Waals surface area contributed by atoms with Crippen molar-refractivity contribution in [2.75, 3.05) is 32.9 Å². The number of nitrogens with two attached hydrogens (primary N) is 1. The number of nitriles is 1. The van der Waals surface area contributed by atoms with Gasteiger partial charge in [0.25, 0.3) is 5.91 Å². The lowest BCUT2D eigenvalue weighted by Crippen LogP contribution is -2.21. The monoisotopic (exact) mass is 554 g/mol. The number of aromatic nitrogens is 2. The molecule has 0 bridgehead atoms. The molecule has 2 heterocycles. The van der Waals surface area contributed by atoms with Crippen LogP contribution >= 0.6 is 0 Å². The number of hydrogen-bond donors (Lipinski definition) is 2. The fourth-order valence-electron chi connectivity index (χ4n) is 4.12. The third kappa shape index (κ3) is 10.0. The number of nitrogen functional groups attached to an aromatic ring is 1. The molecule has 0 aliphatic carbocycles. The molecule has 0 atom stereocenters. The van der Waals surface area contributed by atoms with Gasteiger partial charge in [-0.15, -0.1) is 0 Å². The average Bonchev–Trinajstić information content (AvgIpc) is 3.00. The van der Waals surface area contributed by atoms with Gasteiger partial charge in [-0.05, 0) is 80.8 Å². The quantitative estimate of drug-likeness (QED) is 0.272. The molecule has 218 valence electrons. The standard InChI is InChI=1S/C30H34N6O.2C2H6/c1-6-22(23-7-9-24(10-8-23)30(37)36(4)5)13-15-33-19-20(2)17-27-21(3)34-16-14-25(27)26-11-12-29(32)35-28(26)18-31;2*1-2/h6-12,14,16-17,33H,13,15,19H2,1-5H3,(H2,32,35);2*1-2H3/b20-17+,22-6+;;. The molecule has 3 aromatic rings. The van der Waals surface area contributed by atoms with Gasteiger partial charge in [0, 0.05) is 49.2 Å². The molecule has 0 saturated heterocycles. The number of benzene rings is 1. The van der Waals surface area contributed by atoms with E-state index in [4.69, 9.17) is 5.73 Å². The van der Waals surface area contributed by atoms with E-state index in [2.05, 4.69) is 40.4 Å². The Hall–Kier alpha value is -4.28. The number of carbonyl (C=O) groups is 1. The maximum absolute atomic E-state index is 12.1. The van der Waals surface area contributed by atoms with E-state index in [1.807, 2.05) is 77.9 Å². The highest BCUT2D eigenvalue weighted by molar-refractivity contribution is 5.94. The second kappa shape index (κ2) is 18.1. The first kappa shape index (κ1) is 34.7. The Morgan fingerprint density at radius 2 is 1.66 bits per heavy atom. The smallest absolute Gasteiger partial charge is 0.253 e. The van der Waals surface area contributed by atoms with Crippen LogP contribution in [0.4, 0.5) is 5.82 Å². The lowest BCUT2D eigenvalue weighted by Gasteiger charge is -2.13. The predicted octanol–water partition coefficient (Wildman–Crippen LogP) is 7.15. The maximum Gasteiger partial charge on any atom is 0.253 e. The zero-order valence-corrected chi connectivity index (χ0v) is 26.2. The minimum absolute atomic E-state index is 0.000947. The molecule has 7 nitrogen and oxygen atoms in total. The van der Waals surface area contributed by atoms with Crippen molar-refractivity contribution in [3.05, 3.63) is 88.4 Å². The van der Waals surface area contributed by atoms with Crippen molar-refractivity contribution >= 4 is 23.4 Å². The molecule has 0 aliphatic heterocycles. The summed E-state index contributed by atoms with van der Waals surface area (Å²) in [5.74, 6) is 0.322. The molecule has 0 spiro atoms. The van der Waals surface area contributed by atoms with Crippen LogP contribution in [0.2, 0.25) is 0 Å². The Morgan fingerprint density at radius 1 is 1.02 bits per heavy atom. The lowest BCUT2D eigenvalue weighted by molar-refractivity contribution is 0.0827. The van der Waals surface area contributed by atoms with E-state index < -0.39 is 0 Å². The fourth-order valence-corrected chi connectivity index (χ4v) is 4.12. The average molecular weight is 555 g/mol. The summed E-state index contributed by atoms with van der Waals surface area (Å²) >= 11 is 0. The molecule has 2 aromatic heterocycles. The van der Waals surface area contributed by atoms with Crippen molar-refractivity contribution in [3.63, 3.8) is 0 Å². The first-order chi connectivity index (χ1) is 19.7. The number of hydrogen-bond acceptors (Lipinski definition) is 6. The van der Waals surface area contributed by atoms with Crippen LogP contribution in [-0.4, -0.2) is 48.0 Å². The fraction of sp³-hybridized carbons (Fsp3) is 0.353. The normalized spacial score (nSPS) is 10.9. The first-order valence-corrected chi connectivity index (χ1v) is 14.2. The van der Waals surface area contributed by atoms with E-state index in [9.17, 15) is 10.1 Å². The van der Waals surface area contributed by atoms with E-state index >= 15 is 0 Å². The van der Waals surface area contributed by atoms with Gasteiger partial charge >= 0.3 is 0 Å². The SMILES string of the molecule is C/C=C(\CCNC/C(C)=C/c1c(-c2ccc(N)nc2C#N)ccnc1C)c1ccc(C(=O)N(C)C)cc1.CC.CC. The third-order valence-electron chi connectivity index (χ3n) is 6.13. The molecule has 0 fully saturated rings. The lowest BCUT2D eigenvalue weighted by atomic mass is 9.96. The van der Waals surface area contributed by atoms with Crippen LogP contribution in [0.15, 0.2) is 60.3 Å². The minimum Gasteiger partial charge on any atom is -0.384 e. The molecule has 3 N–H and O–H groups in total. The Balaban J connectivity index is 0.00000201. The maximum atomic E-state index is 12.1. The van der Waals surface area contributed by atoms with Crippen LogP contribution in [-0.2, 0) is 0 Å². The zero-order chi connectivity index (χ0) is 30.9. The van der Waals surface area contributed by atoms with Crippen molar-refractivity contribution in [1.29, 1.82) is 5.26 Å². The van der Waals surface area contributed by atoms with E-state index in [1.165, 1.54) is 5.57 Å². The highest BCUT2D eigenvalue weighted by Crippen LogP contribution is 2.29. The number of nitrogens with zero attached hydrogens (tertiary/aromatic N) is 4. The Kier molecular flexibility index (Phi) is 15.4. The number of aryl methyl sites for hydroxylation is 1. The van der Waals surface area contributed by atoms with E-state index in [-0.39, 0.29) is 5.91 Å². The van der Waals surface area contributed by atoms with Gasteiger partial charge in [-0.25, -0.2) is 4.98 Å². The van der Waals surface area contributed by atoms with Crippen molar-refractivity contribution in [2.24, 2.45) is 0 Å². The molecule has 1 aromatic carbocycles. The Morgan fingerprint density at radius 3 is 2.24 bits per heavy atom. The van der Waals surface area contributed by atoms with Gasteiger partial charge in [-0.1, -0.05) is 57.6 Å². The summed E-state index contributed by atoms with van der Waals surface area (Å²) in [6.45, 7) is 15.6. The number of anilines is 1. The number of nitrogens with one attached hydrogen (secondary N) is 1. The molecule has 0 unspecified atom stereocenters. The topological polar surface area (TPSA) is 108 Å². The summed E-state index contributed by atoms with van der Waals surface area (Å²) in [7, 11) is 3.51. The molecule has 41 heavy (non-hydrogen) atoms. The van der Waals surface area contributed by atoms with E-state index in [0.717, 1.165) is 46.5 Å². The highest BCUT2D eigenvalue weighted by Gasteiger charge is 2.13. The molecular weight excluding hydrogens is 508 g/mol. The van der Waals surface area contributed by atoms with Gasteiger partial charge in [0.2, 0.25) is 0 Å². The molecular formula is C34H46N6O. The van der Waals surface area contributed by atoms with Gasteiger partial charge in [0.15, 0.2) is 5.69 Å². The number of carbonyl (C=O) groups excluding carboxylic acids is 1. The predicted molar refractivity (Wildman–Crippen MR) is 173 cm³/mol. The zero-order valence-electron chi connectivity index (χ0n) is 26.2. The molecule has 7 heteroatoms. The molecule has 0 saturated carbocycles. The van der Waals surface area contributed by atoms with Crippen LogP contribution in [0.1, 0.15) is 80.8 Å². The van der Waals surface area contributed by atoms with Crippen LogP contribution in [0.25, 0.3) is 22.8 Å². The molecule has 0 radical (unpaired) electrons. The third-order valence-corrected chi connectivity index (χ3v) is 6.13. The molecule has 3 rings (SSSR count). The van der Waals surface area contributed by atoms with Crippen LogP contribution < -0.4 is 11.1 Å². The Labute approximate surface area is 246 Å². The first-order valence-electron chi connectivity index (χ1n) is 14.2. The van der Waals surface area contributed by atoms with Crippen molar-refractivity contribution in [1.82, 2.24) is 20.2 Å². The number of pyridine rings is 2. The second-order valence-corrected chi connectivity index (χ2v) is 9.11. The summed E-state index contributed by atoms with van der Waals surface area (Å²) in [6.07, 6.45) is 6.84. The molecule has 1 amide bonds. The van der Waals surface area contributed by atoms with Gasteiger partial charge in [-0.2, -0.15) is 5.26 Å². The van der Waals surface area contributed by atoms with Crippen molar-refractivity contribution in [3.8, 4) is 17.2 Å². The van der Waals surface area contributed by atoms with E-state index in [1.54, 1.807) is 31.3 Å². The molecule has 0 aliphatic rings. The van der Waals surface area contributed by atoms with Gasteiger partial charge in [0.1, 0.15) is 11.9 Å².